The second kappa shape index (κ2) is 6.26. The third kappa shape index (κ3) is 2.26. The average molecular weight is 404 g/mol. The van der Waals surface area contributed by atoms with Crippen LogP contribution in [0.2, 0.25) is 0 Å². The first-order chi connectivity index (χ1) is 14.5. The van der Waals surface area contributed by atoms with Crippen LogP contribution in [-0.2, 0) is 15.0 Å². The van der Waals surface area contributed by atoms with E-state index in [1.54, 1.807) is 24.3 Å². The number of anilines is 2. The summed E-state index contributed by atoms with van der Waals surface area (Å²) in [6.45, 7) is 0.0509. The summed E-state index contributed by atoms with van der Waals surface area (Å²) in [5.41, 5.74) is 0.333. The Hall–Kier alpha value is -3.99. The molecule has 0 bridgehead atoms. The first-order valence-corrected chi connectivity index (χ1v) is 9.16. The van der Waals surface area contributed by atoms with Gasteiger partial charge in [-0.15, -0.1) is 6.42 Å². The lowest BCUT2D eigenvalue weighted by Gasteiger charge is -2.32. The molecule has 1 atom stereocenters. The van der Waals surface area contributed by atoms with Gasteiger partial charge in [0.2, 0.25) is 11.8 Å². The number of carbonyl (C=O) groups excluding carboxylic acids is 2. The number of terminal acetylenes is 1. The Morgan fingerprint density at radius 2 is 1.93 bits per heavy atom. The summed E-state index contributed by atoms with van der Waals surface area (Å²) in [7, 11) is 0. The Bertz CT molecular complexity index is 1280. The number of halogens is 2. The minimum atomic E-state index is -1.32. The summed E-state index contributed by atoms with van der Waals surface area (Å²) in [5.74, 6) is 0.315. The van der Waals surface area contributed by atoms with E-state index in [4.69, 9.17) is 6.42 Å². The number of fused-ring (bicyclic) bond motifs is 4. The van der Waals surface area contributed by atoms with Gasteiger partial charge >= 0.3 is 0 Å². The fraction of sp³-hybridized carbons (Fsp3) is 0.136. The molecule has 0 saturated heterocycles. The zero-order chi connectivity index (χ0) is 21.0. The van der Waals surface area contributed by atoms with Crippen LogP contribution in [0.25, 0.3) is 5.69 Å². The SMILES string of the molecule is C#CCN1C(=O)C2(CC(=O)Nc3c2cnn3-c2ccc(F)cc2F)c2ccccc21. The van der Waals surface area contributed by atoms with Crippen molar-refractivity contribution in [1.29, 1.82) is 0 Å². The van der Waals surface area contributed by atoms with Crippen LogP contribution in [0.4, 0.5) is 20.3 Å². The summed E-state index contributed by atoms with van der Waals surface area (Å²) in [4.78, 5) is 27.8. The van der Waals surface area contributed by atoms with Crippen molar-refractivity contribution in [2.75, 3.05) is 16.8 Å². The largest absolute Gasteiger partial charge is 0.310 e. The van der Waals surface area contributed by atoms with E-state index in [-0.39, 0.29) is 30.4 Å². The van der Waals surface area contributed by atoms with Crippen molar-refractivity contribution in [2.24, 2.45) is 0 Å². The molecule has 1 unspecified atom stereocenters. The van der Waals surface area contributed by atoms with Crippen molar-refractivity contribution in [2.45, 2.75) is 11.8 Å². The Balaban J connectivity index is 1.76. The molecule has 2 amide bonds. The molecule has 5 rings (SSSR count). The van der Waals surface area contributed by atoms with Gasteiger partial charge in [0.25, 0.3) is 0 Å². The van der Waals surface area contributed by atoms with E-state index in [1.165, 1.54) is 21.8 Å². The Morgan fingerprint density at radius 1 is 1.13 bits per heavy atom. The van der Waals surface area contributed by atoms with Gasteiger partial charge in [0.15, 0.2) is 5.82 Å². The second-order valence-electron chi connectivity index (χ2n) is 7.16. The normalized spacial score (nSPS) is 19.4. The van der Waals surface area contributed by atoms with Gasteiger partial charge in [0.1, 0.15) is 22.7 Å². The van der Waals surface area contributed by atoms with Crippen LogP contribution < -0.4 is 10.2 Å². The van der Waals surface area contributed by atoms with E-state index >= 15 is 0 Å². The third-order valence-electron chi connectivity index (χ3n) is 5.56. The van der Waals surface area contributed by atoms with Crippen LogP contribution in [-0.4, -0.2) is 28.1 Å². The molecule has 3 aromatic rings. The van der Waals surface area contributed by atoms with E-state index in [0.29, 0.717) is 16.8 Å². The number of hydrogen-bond donors (Lipinski definition) is 1. The minimum Gasteiger partial charge on any atom is -0.310 e. The number of benzene rings is 2. The zero-order valence-electron chi connectivity index (χ0n) is 15.5. The second-order valence-corrected chi connectivity index (χ2v) is 7.16. The van der Waals surface area contributed by atoms with E-state index in [9.17, 15) is 18.4 Å². The quantitative estimate of drug-likeness (QED) is 0.668. The van der Waals surface area contributed by atoms with Crippen molar-refractivity contribution in [3.63, 3.8) is 0 Å². The highest BCUT2D eigenvalue weighted by molar-refractivity contribution is 6.16. The summed E-state index contributed by atoms with van der Waals surface area (Å²) in [5, 5.41) is 6.91. The molecule has 2 aliphatic heterocycles. The van der Waals surface area contributed by atoms with Gasteiger partial charge in [-0.05, 0) is 23.8 Å². The standard InChI is InChI=1S/C22H14F2N4O2/c1-2-9-27-17-6-4-3-5-14(17)22(21(27)30)11-19(29)26-20-15(22)12-25-28(20)18-8-7-13(23)10-16(18)24/h1,3-8,10,12H,9,11H2,(H,26,29). The number of amides is 2. The predicted octanol–water partition coefficient (Wildman–Crippen LogP) is 2.76. The first-order valence-electron chi connectivity index (χ1n) is 9.16. The number of nitrogens with zero attached hydrogens (tertiary/aromatic N) is 3. The fourth-order valence-corrected chi connectivity index (χ4v) is 4.33. The van der Waals surface area contributed by atoms with Crippen molar-refractivity contribution < 1.29 is 18.4 Å². The lowest BCUT2D eigenvalue weighted by atomic mass is 9.72. The summed E-state index contributed by atoms with van der Waals surface area (Å²) in [6.07, 6.45) is 6.77. The molecule has 2 aromatic carbocycles. The molecule has 0 radical (unpaired) electrons. The predicted molar refractivity (Wildman–Crippen MR) is 105 cm³/mol. The molecule has 8 heteroatoms. The highest BCUT2D eigenvalue weighted by Crippen LogP contribution is 2.52. The molecule has 3 heterocycles. The van der Waals surface area contributed by atoms with Crippen LogP contribution in [0.15, 0.2) is 48.7 Å². The molecule has 1 aromatic heterocycles. The summed E-state index contributed by atoms with van der Waals surface area (Å²) < 4.78 is 28.9. The maximum Gasteiger partial charge on any atom is 0.243 e. The molecule has 1 spiro atoms. The van der Waals surface area contributed by atoms with Gasteiger partial charge in [0, 0.05) is 23.7 Å². The number of carbonyl (C=O) groups is 2. The lowest BCUT2D eigenvalue weighted by Crippen LogP contribution is -2.46. The average Bonchev–Trinajstić information content (AvgIpc) is 3.23. The maximum atomic E-state index is 14.4. The van der Waals surface area contributed by atoms with E-state index in [2.05, 4.69) is 16.3 Å². The van der Waals surface area contributed by atoms with Gasteiger partial charge in [-0.1, -0.05) is 24.1 Å². The highest BCUT2D eigenvalue weighted by atomic mass is 19.1. The van der Waals surface area contributed by atoms with Crippen molar-refractivity contribution in [3.05, 3.63) is 71.4 Å². The number of rotatable bonds is 2. The monoisotopic (exact) mass is 404 g/mol. The Morgan fingerprint density at radius 3 is 2.70 bits per heavy atom. The van der Waals surface area contributed by atoms with E-state index in [1.807, 2.05) is 0 Å². The number of aromatic nitrogens is 2. The lowest BCUT2D eigenvalue weighted by molar-refractivity contribution is -0.126. The molecule has 0 aliphatic carbocycles. The molecule has 1 N–H and O–H groups in total. The van der Waals surface area contributed by atoms with E-state index in [0.717, 1.165) is 12.1 Å². The number of para-hydroxylation sites is 1. The van der Waals surface area contributed by atoms with Gasteiger partial charge in [-0.25, -0.2) is 13.5 Å². The molecule has 0 saturated carbocycles. The molecular weight excluding hydrogens is 390 g/mol. The minimum absolute atomic E-state index is 0.0470. The Kier molecular flexibility index (Phi) is 3.77. The molecule has 2 aliphatic rings. The third-order valence-corrected chi connectivity index (χ3v) is 5.56. The number of hydrogen-bond acceptors (Lipinski definition) is 3. The van der Waals surface area contributed by atoms with Gasteiger partial charge in [-0.3, -0.25) is 14.5 Å². The van der Waals surface area contributed by atoms with Crippen LogP contribution in [0.5, 0.6) is 0 Å². The fourth-order valence-electron chi connectivity index (χ4n) is 4.33. The summed E-state index contributed by atoms with van der Waals surface area (Å²) in [6, 6.07) is 10.2. The first kappa shape index (κ1) is 18.1. The van der Waals surface area contributed by atoms with Crippen molar-refractivity contribution in [3.8, 4) is 18.0 Å². The van der Waals surface area contributed by atoms with Crippen molar-refractivity contribution >= 4 is 23.3 Å². The Labute approximate surface area is 170 Å². The summed E-state index contributed by atoms with van der Waals surface area (Å²) >= 11 is 0. The van der Waals surface area contributed by atoms with Crippen LogP contribution in [0, 0.1) is 24.0 Å². The smallest absolute Gasteiger partial charge is 0.243 e. The molecule has 6 nitrogen and oxygen atoms in total. The molecule has 148 valence electrons. The van der Waals surface area contributed by atoms with Crippen LogP contribution in [0.3, 0.4) is 0 Å². The van der Waals surface area contributed by atoms with Crippen molar-refractivity contribution in [1.82, 2.24) is 9.78 Å². The van der Waals surface area contributed by atoms with Gasteiger partial charge in [0.05, 0.1) is 12.7 Å². The topological polar surface area (TPSA) is 67.2 Å². The van der Waals surface area contributed by atoms with Crippen LogP contribution >= 0.6 is 0 Å². The van der Waals surface area contributed by atoms with E-state index < -0.39 is 23.0 Å². The van der Waals surface area contributed by atoms with Gasteiger partial charge < -0.3 is 5.32 Å². The number of nitrogens with one attached hydrogen (secondary N) is 1. The molecular formula is C22H14F2N4O2. The van der Waals surface area contributed by atoms with Gasteiger partial charge in [-0.2, -0.15) is 5.10 Å². The molecule has 0 fully saturated rings. The highest BCUT2D eigenvalue weighted by Gasteiger charge is 2.57. The zero-order valence-corrected chi connectivity index (χ0v) is 15.5. The van der Waals surface area contributed by atoms with Crippen LogP contribution in [0.1, 0.15) is 17.5 Å². The maximum absolute atomic E-state index is 14.4. The molecule has 30 heavy (non-hydrogen) atoms.